The van der Waals surface area contributed by atoms with Gasteiger partial charge < -0.3 is 0 Å². The van der Waals surface area contributed by atoms with E-state index in [0.717, 1.165) is 11.8 Å². The van der Waals surface area contributed by atoms with Gasteiger partial charge in [0.15, 0.2) is 0 Å². The molecule has 3 heterocycles. The van der Waals surface area contributed by atoms with E-state index >= 15 is 0 Å². The molecule has 0 aromatic rings. The standard InChI is InChI=1S/C14H28N4/c1-11-3-2-4-12(9-11)14(16-15)13-10-17-5-7-18(13)8-6-17/h11-14,16H,2-10,15H2,1H3. The summed E-state index contributed by atoms with van der Waals surface area (Å²) in [7, 11) is 0. The Labute approximate surface area is 111 Å². The van der Waals surface area contributed by atoms with E-state index in [1.165, 1.54) is 58.4 Å². The van der Waals surface area contributed by atoms with Gasteiger partial charge in [0.05, 0.1) is 0 Å². The summed E-state index contributed by atoms with van der Waals surface area (Å²) in [5.74, 6) is 7.58. The quantitative estimate of drug-likeness (QED) is 0.572. The zero-order valence-corrected chi connectivity index (χ0v) is 11.6. The third-order valence-electron chi connectivity index (χ3n) is 5.41. The van der Waals surface area contributed by atoms with Gasteiger partial charge in [-0.1, -0.05) is 19.8 Å². The Balaban J connectivity index is 1.68. The smallest absolute Gasteiger partial charge is 0.0406 e. The summed E-state index contributed by atoms with van der Waals surface area (Å²) in [4.78, 5) is 5.28. The summed E-state index contributed by atoms with van der Waals surface area (Å²) in [6.07, 6.45) is 5.53. The minimum atomic E-state index is 0.496. The van der Waals surface area contributed by atoms with Crippen LogP contribution in [-0.4, -0.2) is 54.6 Å². The Kier molecular flexibility index (Phi) is 3.89. The number of nitrogens with two attached hydrogens (primary N) is 1. The van der Waals surface area contributed by atoms with Crippen molar-refractivity contribution in [2.24, 2.45) is 17.7 Å². The van der Waals surface area contributed by atoms with Crippen LogP contribution < -0.4 is 11.3 Å². The fourth-order valence-electron chi connectivity index (χ4n) is 4.37. The van der Waals surface area contributed by atoms with Crippen molar-refractivity contribution in [3.8, 4) is 0 Å². The first kappa shape index (κ1) is 12.9. The molecule has 4 atom stereocenters. The van der Waals surface area contributed by atoms with Crippen molar-refractivity contribution in [1.82, 2.24) is 15.2 Å². The van der Waals surface area contributed by atoms with E-state index in [2.05, 4.69) is 22.1 Å². The van der Waals surface area contributed by atoms with Gasteiger partial charge in [0.25, 0.3) is 0 Å². The Morgan fingerprint density at radius 2 is 1.94 bits per heavy atom. The molecule has 0 aromatic heterocycles. The summed E-state index contributed by atoms with van der Waals surface area (Å²) in [6, 6.07) is 1.14. The molecule has 0 spiro atoms. The Morgan fingerprint density at radius 3 is 2.50 bits per heavy atom. The highest BCUT2D eigenvalue weighted by Gasteiger charge is 2.40. The Morgan fingerprint density at radius 1 is 1.17 bits per heavy atom. The molecule has 3 aliphatic heterocycles. The molecule has 4 aliphatic rings. The van der Waals surface area contributed by atoms with Gasteiger partial charge >= 0.3 is 0 Å². The second-order valence-electron chi connectivity index (χ2n) is 6.63. The number of hydrogen-bond donors (Lipinski definition) is 2. The minimum absolute atomic E-state index is 0.496. The predicted octanol–water partition coefficient (Wildman–Crippen LogP) is 0.644. The number of fused-ring (bicyclic) bond motifs is 3. The third-order valence-corrected chi connectivity index (χ3v) is 5.41. The monoisotopic (exact) mass is 252 g/mol. The van der Waals surface area contributed by atoms with Gasteiger partial charge in [0.1, 0.15) is 0 Å². The summed E-state index contributed by atoms with van der Waals surface area (Å²) >= 11 is 0. The van der Waals surface area contributed by atoms with Crippen LogP contribution >= 0.6 is 0 Å². The molecule has 4 heteroatoms. The van der Waals surface area contributed by atoms with Crippen LogP contribution in [0.2, 0.25) is 0 Å². The molecule has 3 saturated heterocycles. The molecule has 0 aromatic carbocycles. The largest absolute Gasteiger partial charge is 0.299 e. The van der Waals surface area contributed by atoms with Gasteiger partial charge in [-0.25, -0.2) is 0 Å². The molecular formula is C14H28N4. The van der Waals surface area contributed by atoms with Crippen LogP contribution in [0.15, 0.2) is 0 Å². The van der Waals surface area contributed by atoms with E-state index in [9.17, 15) is 0 Å². The van der Waals surface area contributed by atoms with Gasteiger partial charge in [-0.3, -0.25) is 21.1 Å². The van der Waals surface area contributed by atoms with Crippen molar-refractivity contribution in [2.75, 3.05) is 32.7 Å². The van der Waals surface area contributed by atoms with Crippen LogP contribution in [0.5, 0.6) is 0 Å². The van der Waals surface area contributed by atoms with Crippen molar-refractivity contribution in [3.63, 3.8) is 0 Å². The molecule has 0 amide bonds. The van der Waals surface area contributed by atoms with Crippen LogP contribution in [0.4, 0.5) is 0 Å². The van der Waals surface area contributed by atoms with Gasteiger partial charge in [0, 0.05) is 44.8 Å². The second kappa shape index (κ2) is 5.45. The van der Waals surface area contributed by atoms with Crippen molar-refractivity contribution < 1.29 is 0 Å². The topological polar surface area (TPSA) is 44.5 Å². The lowest BCUT2D eigenvalue weighted by Gasteiger charge is -2.52. The zero-order chi connectivity index (χ0) is 12.5. The highest BCUT2D eigenvalue weighted by Crippen LogP contribution is 2.33. The molecule has 4 fully saturated rings. The molecule has 1 saturated carbocycles. The van der Waals surface area contributed by atoms with E-state index in [1.54, 1.807) is 0 Å². The van der Waals surface area contributed by atoms with E-state index in [4.69, 9.17) is 5.84 Å². The number of piperazine rings is 3. The number of hydrogen-bond acceptors (Lipinski definition) is 4. The second-order valence-corrected chi connectivity index (χ2v) is 6.63. The van der Waals surface area contributed by atoms with Crippen LogP contribution in [0.1, 0.15) is 32.6 Å². The number of nitrogens with zero attached hydrogens (tertiary/aromatic N) is 2. The lowest BCUT2D eigenvalue weighted by atomic mass is 9.76. The molecule has 4 unspecified atom stereocenters. The lowest BCUT2D eigenvalue weighted by Crippen LogP contribution is -2.68. The molecule has 2 bridgehead atoms. The molecule has 1 aliphatic carbocycles. The number of nitrogens with one attached hydrogen (secondary N) is 1. The average molecular weight is 252 g/mol. The molecule has 104 valence electrons. The highest BCUT2D eigenvalue weighted by molar-refractivity contribution is 4.97. The van der Waals surface area contributed by atoms with Crippen molar-refractivity contribution in [2.45, 2.75) is 44.7 Å². The van der Waals surface area contributed by atoms with E-state index in [0.29, 0.717) is 12.1 Å². The van der Waals surface area contributed by atoms with Crippen LogP contribution in [0, 0.1) is 11.8 Å². The maximum absolute atomic E-state index is 5.92. The van der Waals surface area contributed by atoms with Crippen molar-refractivity contribution >= 4 is 0 Å². The first-order chi connectivity index (χ1) is 8.78. The van der Waals surface area contributed by atoms with Crippen LogP contribution in [0.3, 0.4) is 0 Å². The highest BCUT2D eigenvalue weighted by atomic mass is 15.4. The summed E-state index contributed by atoms with van der Waals surface area (Å²) in [5, 5.41) is 0. The fraction of sp³-hybridized carbons (Fsp3) is 1.00. The van der Waals surface area contributed by atoms with Crippen LogP contribution in [-0.2, 0) is 0 Å². The van der Waals surface area contributed by atoms with E-state index < -0.39 is 0 Å². The number of hydrazine groups is 1. The molecular weight excluding hydrogens is 224 g/mol. The molecule has 18 heavy (non-hydrogen) atoms. The number of rotatable bonds is 3. The summed E-state index contributed by atoms with van der Waals surface area (Å²) < 4.78 is 0. The van der Waals surface area contributed by atoms with Crippen molar-refractivity contribution in [1.29, 1.82) is 0 Å². The maximum atomic E-state index is 5.92. The SMILES string of the molecule is CC1CCCC(C(NN)C2CN3CCN2CC3)C1. The maximum Gasteiger partial charge on any atom is 0.0406 e. The predicted molar refractivity (Wildman–Crippen MR) is 74.0 cm³/mol. The first-order valence-electron chi connectivity index (χ1n) is 7.70. The van der Waals surface area contributed by atoms with Gasteiger partial charge in [-0.15, -0.1) is 0 Å². The molecule has 3 N–H and O–H groups in total. The Bertz CT molecular complexity index is 275. The van der Waals surface area contributed by atoms with Gasteiger partial charge in [-0.05, 0) is 24.7 Å². The summed E-state index contributed by atoms with van der Waals surface area (Å²) in [5.41, 5.74) is 3.18. The lowest BCUT2D eigenvalue weighted by molar-refractivity contribution is -0.0183. The average Bonchev–Trinajstić information content (AvgIpc) is 2.41. The fourth-order valence-corrected chi connectivity index (χ4v) is 4.37. The first-order valence-corrected chi connectivity index (χ1v) is 7.70. The van der Waals surface area contributed by atoms with Gasteiger partial charge in [-0.2, -0.15) is 0 Å². The van der Waals surface area contributed by atoms with E-state index in [-0.39, 0.29) is 0 Å². The molecule has 0 radical (unpaired) electrons. The minimum Gasteiger partial charge on any atom is -0.299 e. The van der Waals surface area contributed by atoms with Gasteiger partial charge in [0.2, 0.25) is 0 Å². The van der Waals surface area contributed by atoms with Crippen LogP contribution in [0.25, 0.3) is 0 Å². The summed E-state index contributed by atoms with van der Waals surface area (Å²) in [6.45, 7) is 8.62. The zero-order valence-electron chi connectivity index (χ0n) is 11.6. The third kappa shape index (κ3) is 2.44. The normalized spacial score (nSPS) is 46.0. The molecule has 4 nitrogen and oxygen atoms in total. The molecule has 4 rings (SSSR count). The Hall–Kier alpha value is -0.160. The van der Waals surface area contributed by atoms with Crippen molar-refractivity contribution in [3.05, 3.63) is 0 Å². The van der Waals surface area contributed by atoms with E-state index in [1.807, 2.05) is 0 Å².